The molecule has 1 saturated heterocycles. The molecule has 0 spiro atoms. The van der Waals surface area contributed by atoms with E-state index in [0.29, 0.717) is 36.6 Å². The number of halogens is 1. The second kappa shape index (κ2) is 9.81. The molecule has 1 atom stereocenters. The lowest BCUT2D eigenvalue weighted by Crippen LogP contribution is -2.25. The minimum atomic E-state index is 0.314. The van der Waals surface area contributed by atoms with E-state index in [4.69, 9.17) is 25.8 Å². The molecule has 1 aliphatic rings. The standard InChI is InChI=1S/C21H26ClNO3/c1-2-24-20-11-17(13-23-14-18-9-6-10-25-18)19(22)12-21(20)26-15-16-7-4-3-5-8-16/h3-5,7-8,11-12,18,23H,2,6,9-10,13-15H2,1H3. The topological polar surface area (TPSA) is 39.7 Å². The van der Waals surface area contributed by atoms with E-state index in [1.165, 1.54) is 0 Å². The summed E-state index contributed by atoms with van der Waals surface area (Å²) in [5.41, 5.74) is 2.11. The predicted octanol–water partition coefficient (Wildman–Crippen LogP) is 4.59. The first-order valence-electron chi connectivity index (χ1n) is 9.20. The van der Waals surface area contributed by atoms with Crippen molar-refractivity contribution in [2.75, 3.05) is 19.8 Å². The molecule has 3 rings (SSSR count). The molecule has 0 aliphatic carbocycles. The lowest BCUT2D eigenvalue weighted by Gasteiger charge is -2.16. The van der Waals surface area contributed by atoms with Crippen molar-refractivity contribution in [3.8, 4) is 11.5 Å². The van der Waals surface area contributed by atoms with Gasteiger partial charge in [-0.1, -0.05) is 41.9 Å². The summed E-state index contributed by atoms with van der Waals surface area (Å²) < 4.78 is 17.3. The monoisotopic (exact) mass is 375 g/mol. The zero-order chi connectivity index (χ0) is 18.2. The average molecular weight is 376 g/mol. The van der Waals surface area contributed by atoms with Crippen molar-refractivity contribution in [2.45, 2.75) is 39.0 Å². The Kier molecular flexibility index (Phi) is 7.18. The summed E-state index contributed by atoms with van der Waals surface area (Å²) in [6, 6.07) is 13.9. The number of benzene rings is 2. The predicted molar refractivity (Wildman–Crippen MR) is 104 cm³/mol. The fourth-order valence-electron chi connectivity index (χ4n) is 3.00. The zero-order valence-corrected chi connectivity index (χ0v) is 15.9. The summed E-state index contributed by atoms with van der Waals surface area (Å²) >= 11 is 6.47. The van der Waals surface area contributed by atoms with Crippen molar-refractivity contribution < 1.29 is 14.2 Å². The van der Waals surface area contributed by atoms with Gasteiger partial charge in [0.15, 0.2) is 11.5 Å². The Morgan fingerprint density at radius 2 is 1.96 bits per heavy atom. The van der Waals surface area contributed by atoms with Crippen LogP contribution in [-0.4, -0.2) is 25.9 Å². The smallest absolute Gasteiger partial charge is 0.163 e. The van der Waals surface area contributed by atoms with Gasteiger partial charge >= 0.3 is 0 Å². The van der Waals surface area contributed by atoms with E-state index in [-0.39, 0.29) is 0 Å². The third kappa shape index (κ3) is 5.37. The Balaban J connectivity index is 1.64. The third-order valence-electron chi connectivity index (χ3n) is 4.36. The van der Waals surface area contributed by atoms with Crippen LogP contribution in [0.3, 0.4) is 0 Å². The van der Waals surface area contributed by atoms with E-state index in [2.05, 4.69) is 5.32 Å². The van der Waals surface area contributed by atoms with Crippen LogP contribution in [0.1, 0.15) is 30.9 Å². The Labute approximate surface area is 160 Å². The molecule has 140 valence electrons. The van der Waals surface area contributed by atoms with Crippen molar-refractivity contribution in [2.24, 2.45) is 0 Å². The van der Waals surface area contributed by atoms with E-state index in [0.717, 1.165) is 42.9 Å². The molecule has 2 aromatic carbocycles. The molecule has 0 radical (unpaired) electrons. The number of hydrogen-bond donors (Lipinski definition) is 1. The Morgan fingerprint density at radius 1 is 1.15 bits per heavy atom. The summed E-state index contributed by atoms with van der Waals surface area (Å²) in [6.45, 7) is 5.41. The van der Waals surface area contributed by atoms with Gasteiger partial charge in [0.1, 0.15) is 6.61 Å². The molecule has 2 aromatic rings. The number of ether oxygens (including phenoxy) is 3. The quantitative estimate of drug-likeness (QED) is 0.696. The molecule has 5 heteroatoms. The summed E-state index contributed by atoms with van der Waals surface area (Å²) in [5.74, 6) is 1.39. The van der Waals surface area contributed by atoms with Gasteiger partial charge in [0, 0.05) is 30.8 Å². The second-order valence-corrected chi connectivity index (χ2v) is 6.77. The van der Waals surface area contributed by atoms with Gasteiger partial charge in [0.05, 0.1) is 12.7 Å². The first-order chi connectivity index (χ1) is 12.8. The normalized spacial score (nSPS) is 16.6. The van der Waals surface area contributed by atoms with Crippen molar-refractivity contribution in [3.05, 3.63) is 58.6 Å². The highest BCUT2D eigenvalue weighted by atomic mass is 35.5. The fourth-order valence-corrected chi connectivity index (χ4v) is 3.22. The Morgan fingerprint density at radius 3 is 2.69 bits per heavy atom. The van der Waals surface area contributed by atoms with E-state index >= 15 is 0 Å². The van der Waals surface area contributed by atoms with Gasteiger partial charge in [-0.05, 0) is 37.0 Å². The summed E-state index contributed by atoms with van der Waals surface area (Å²) in [6.07, 6.45) is 2.58. The van der Waals surface area contributed by atoms with Gasteiger partial charge in [-0.3, -0.25) is 0 Å². The van der Waals surface area contributed by atoms with Gasteiger partial charge in [-0.2, -0.15) is 0 Å². The van der Waals surface area contributed by atoms with E-state index < -0.39 is 0 Å². The molecule has 0 bridgehead atoms. The summed E-state index contributed by atoms with van der Waals surface area (Å²) in [5, 5.41) is 4.10. The van der Waals surface area contributed by atoms with E-state index in [9.17, 15) is 0 Å². The fraction of sp³-hybridized carbons (Fsp3) is 0.429. The molecule has 0 aromatic heterocycles. The zero-order valence-electron chi connectivity index (χ0n) is 15.2. The Hall–Kier alpha value is -1.75. The van der Waals surface area contributed by atoms with Gasteiger partial charge < -0.3 is 19.5 Å². The van der Waals surface area contributed by atoms with E-state index in [1.807, 2.05) is 49.4 Å². The molecule has 1 heterocycles. The maximum Gasteiger partial charge on any atom is 0.163 e. The van der Waals surface area contributed by atoms with Crippen LogP contribution in [0, 0.1) is 0 Å². The molecule has 0 saturated carbocycles. The highest BCUT2D eigenvalue weighted by Gasteiger charge is 2.16. The van der Waals surface area contributed by atoms with Crippen molar-refractivity contribution >= 4 is 11.6 Å². The van der Waals surface area contributed by atoms with Gasteiger partial charge in [0.2, 0.25) is 0 Å². The summed E-state index contributed by atoms with van der Waals surface area (Å²) in [4.78, 5) is 0. The van der Waals surface area contributed by atoms with Crippen LogP contribution in [0.15, 0.2) is 42.5 Å². The lowest BCUT2D eigenvalue weighted by molar-refractivity contribution is 0.110. The maximum absolute atomic E-state index is 6.47. The first-order valence-corrected chi connectivity index (χ1v) is 9.58. The van der Waals surface area contributed by atoms with Crippen LogP contribution >= 0.6 is 11.6 Å². The molecule has 4 nitrogen and oxygen atoms in total. The van der Waals surface area contributed by atoms with E-state index in [1.54, 1.807) is 0 Å². The Bertz CT molecular complexity index is 687. The first kappa shape index (κ1) is 19.0. The molecule has 1 aliphatic heterocycles. The van der Waals surface area contributed by atoms with Gasteiger partial charge in [0.25, 0.3) is 0 Å². The highest BCUT2D eigenvalue weighted by molar-refractivity contribution is 6.31. The van der Waals surface area contributed by atoms with Gasteiger partial charge in [-0.25, -0.2) is 0 Å². The number of hydrogen-bond acceptors (Lipinski definition) is 4. The van der Waals surface area contributed by atoms with Crippen LogP contribution in [0.4, 0.5) is 0 Å². The minimum absolute atomic E-state index is 0.314. The maximum atomic E-state index is 6.47. The number of rotatable bonds is 9. The third-order valence-corrected chi connectivity index (χ3v) is 4.71. The van der Waals surface area contributed by atoms with Crippen LogP contribution < -0.4 is 14.8 Å². The lowest BCUT2D eigenvalue weighted by atomic mass is 10.2. The average Bonchev–Trinajstić information content (AvgIpc) is 3.17. The molecule has 1 fully saturated rings. The number of nitrogens with one attached hydrogen (secondary N) is 1. The van der Waals surface area contributed by atoms with Crippen LogP contribution in [0.25, 0.3) is 0 Å². The van der Waals surface area contributed by atoms with Crippen LogP contribution in [-0.2, 0) is 17.9 Å². The second-order valence-electron chi connectivity index (χ2n) is 6.36. The summed E-state index contributed by atoms with van der Waals surface area (Å²) in [7, 11) is 0. The van der Waals surface area contributed by atoms with Crippen molar-refractivity contribution in [1.29, 1.82) is 0 Å². The highest BCUT2D eigenvalue weighted by Crippen LogP contribution is 2.34. The molecule has 26 heavy (non-hydrogen) atoms. The van der Waals surface area contributed by atoms with Crippen molar-refractivity contribution in [1.82, 2.24) is 5.32 Å². The largest absolute Gasteiger partial charge is 0.490 e. The minimum Gasteiger partial charge on any atom is -0.490 e. The van der Waals surface area contributed by atoms with Crippen LogP contribution in [0.5, 0.6) is 11.5 Å². The molecular formula is C21H26ClNO3. The van der Waals surface area contributed by atoms with Crippen LogP contribution in [0.2, 0.25) is 5.02 Å². The van der Waals surface area contributed by atoms with Crippen molar-refractivity contribution in [3.63, 3.8) is 0 Å². The molecular weight excluding hydrogens is 350 g/mol. The molecule has 0 amide bonds. The molecule has 1 unspecified atom stereocenters. The molecule has 1 N–H and O–H groups in total. The SMILES string of the molecule is CCOc1cc(CNCC2CCCO2)c(Cl)cc1OCc1ccccc1. The van der Waals surface area contributed by atoms with Gasteiger partial charge in [-0.15, -0.1) is 0 Å².